The maximum absolute atomic E-state index is 12.4. The lowest BCUT2D eigenvalue weighted by Crippen LogP contribution is -2.48. The van der Waals surface area contributed by atoms with Gasteiger partial charge in [0.25, 0.3) is 10.2 Å². The summed E-state index contributed by atoms with van der Waals surface area (Å²) in [6.07, 6.45) is 0. The zero-order chi connectivity index (χ0) is 15.6. The second-order valence-corrected chi connectivity index (χ2v) is 7.09. The summed E-state index contributed by atoms with van der Waals surface area (Å²) in [5.74, 6) is 1.11. The molecular weight excluding hydrogens is 294 g/mol. The maximum atomic E-state index is 12.4. The monoisotopic (exact) mass is 315 g/mol. The van der Waals surface area contributed by atoms with Crippen LogP contribution < -0.4 is 5.32 Å². The van der Waals surface area contributed by atoms with Gasteiger partial charge < -0.3 is 10.1 Å². The van der Waals surface area contributed by atoms with Gasteiger partial charge >= 0.3 is 0 Å². The molecule has 0 amide bonds. The van der Waals surface area contributed by atoms with E-state index in [9.17, 15) is 8.42 Å². The second-order valence-electron chi connectivity index (χ2n) is 4.99. The highest BCUT2D eigenvalue weighted by atomic mass is 32.2. The first-order valence-electron chi connectivity index (χ1n) is 6.66. The van der Waals surface area contributed by atoms with Crippen molar-refractivity contribution in [3.05, 3.63) is 17.6 Å². The van der Waals surface area contributed by atoms with Crippen molar-refractivity contribution in [2.45, 2.75) is 13.0 Å². The fourth-order valence-corrected chi connectivity index (χ4v) is 3.35. The van der Waals surface area contributed by atoms with Crippen LogP contribution in [0.4, 0.5) is 5.82 Å². The number of rotatable bonds is 4. The minimum atomic E-state index is -3.54. The Kier molecular flexibility index (Phi) is 4.77. The number of nitrogens with zero attached hydrogens (tertiary/aromatic N) is 4. The van der Waals surface area contributed by atoms with E-state index in [1.165, 1.54) is 22.7 Å². The summed E-state index contributed by atoms with van der Waals surface area (Å²) >= 11 is 0. The average molecular weight is 315 g/mol. The van der Waals surface area contributed by atoms with Crippen LogP contribution in [-0.4, -0.2) is 67.9 Å². The summed E-state index contributed by atoms with van der Waals surface area (Å²) in [6, 6.07) is 1.29. The van der Waals surface area contributed by atoms with E-state index < -0.39 is 16.3 Å². The van der Waals surface area contributed by atoms with E-state index in [4.69, 9.17) is 4.74 Å². The standard InChI is InChI=1S/C12H21N5O3S/c1-9-7-11(13-2)15-12(14-9)10-8-20-6-5-17(10)21(18,19)16(3)4/h7,10H,5-6,8H2,1-4H3,(H,13,14,15)/t10-/m1/s1. The molecule has 2 rings (SSSR count). The highest BCUT2D eigenvalue weighted by Gasteiger charge is 2.37. The van der Waals surface area contributed by atoms with Crippen molar-refractivity contribution in [3.8, 4) is 0 Å². The van der Waals surface area contributed by atoms with Crippen molar-refractivity contribution < 1.29 is 13.2 Å². The predicted octanol–water partition coefficient (Wildman–Crippen LogP) is 0.00642. The molecule has 1 N–H and O–H groups in total. The molecule has 118 valence electrons. The molecule has 1 aromatic heterocycles. The summed E-state index contributed by atoms with van der Waals surface area (Å²) < 4.78 is 32.9. The van der Waals surface area contributed by atoms with E-state index in [1.54, 1.807) is 13.1 Å². The number of nitrogens with one attached hydrogen (secondary N) is 1. The molecule has 1 saturated heterocycles. The first kappa shape index (κ1) is 16.1. The van der Waals surface area contributed by atoms with Crippen LogP contribution >= 0.6 is 0 Å². The van der Waals surface area contributed by atoms with Gasteiger partial charge in [0, 0.05) is 39.4 Å². The molecule has 0 radical (unpaired) electrons. The van der Waals surface area contributed by atoms with Gasteiger partial charge in [-0.3, -0.25) is 0 Å². The molecule has 8 nitrogen and oxygen atoms in total. The van der Waals surface area contributed by atoms with Gasteiger partial charge in [0.2, 0.25) is 0 Å². The van der Waals surface area contributed by atoms with E-state index in [-0.39, 0.29) is 13.2 Å². The molecule has 0 spiro atoms. The highest BCUT2D eigenvalue weighted by Crippen LogP contribution is 2.26. The average Bonchev–Trinajstić information content (AvgIpc) is 2.46. The summed E-state index contributed by atoms with van der Waals surface area (Å²) in [4.78, 5) is 8.74. The van der Waals surface area contributed by atoms with E-state index in [2.05, 4.69) is 15.3 Å². The Labute approximate surface area is 125 Å². The molecule has 21 heavy (non-hydrogen) atoms. The zero-order valence-electron chi connectivity index (χ0n) is 12.7. The highest BCUT2D eigenvalue weighted by molar-refractivity contribution is 7.86. The minimum absolute atomic E-state index is 0.250. The Morgan fingerprint density at radius 2 is 2.14 bits per heavy atom. The Morgan fingerprint density at radius 1 is 1.43 bits per heavy atom. The van der Waals surface area contributed by atoms with Gasteiger partial charge in [-0.15, -0.1) is 0 Å². The molecule has 1 fully saturated rings. The summed E-state index contributed by atoms with van der Waals surface area (Å²) in [7, 11) is 1.24. The minimum Gasteiger partial charge on any atom is -0.378 e. The lowest BCUT2D eigenvalue weighted by atomic mass is 10.2. The van der Waals surface area contributed by atoms with Crippen LogP contribution in [0.15, 0.2) is 6.07 Å². The third-order valence-electron chi connectivity index (χ3n) is 3.26. The van der Waals surface area contributed by atoms with Crippen molar-refractivity contribution in [2.75, 3.05) is 46.2 Å². The topological polar surface area (TPSA) is 87.7 Å². The van der Waals surface area contributed by atoms with E-state index in [0.717, 1.165) is 5.69 Å². The number of hydrogen-bond donors (Lipinski definition) is 1. The van der Waals surface area contributed by atoms with Crippen LogP contribution in [0.3, 0.4) is 0 Å². The van der Waals surface area contributed by atoms with Crippen LogP contribution in [0.2, 0.25) is 0 Å². The number of morpholine rings is 1. The molecule has 1 atom stereocenters. The lowest BCUT2D eigenvalue weighted by Gasteiger charge is -2.35. The fourth-order valence-electron chi connectivity index (χ4n) is 2.15. The van der Waals surface area contributed by atoms with Crippen molar-refractivity contribution in [1.82, 2.24) is 18.6 Å². The summed E-state index contributed by atoms with van der Waals surface area (Å²) in [5.41, 5.74) is 0.775. The zero-order valence-corrected chi connectivity index (χ0v) is 13.5. The quantitative estimate of drug-likeness (QED) is 0.842. The normalized spacial score (nSPS) is 20.7. The molecule has 1 aliphatic rings. The number of aryl methyl sites for hydroxylation is 1. The molecule has 0 aromatic carbocycles. The lowest BCUT2D eigenvalue weighted by molar-refractivity contribution is 0.0268. The van der Waals surface area contributed by atoms with Crippen LogP contribution in [-0.2, 0) is 14.9 Å². The fraction of sp³-hybridized carbons (Fsp3) is 0.667. The van der Waals surface area contributed by atoms with Crippen molar-refractivity contribution in [2.24, 2.45) is 0 Å². The van der Waals surface area contributed by atoms with Crippen molar-refractivity contribution in [1.29, 1.82) is 0 Å². The van der Waals surface area contributed by atoms with Crippen LogP contribution in [0.1, 0.15) is 17.6 Å². The van der Waals surface area contributed by atoms with Gasteiger partial charge in [-0.1, -0.05) is 0 Å². The molecule has 0 unspecified atom stereocenters. The van der Waals surface area contributed by atoms with E-state index in [0.29, 0.717) is 18.2 Å². The summed E-state index contributed by atoms with van der Waals surface area (Å²) in [6.45, 7) is 2.76. The second kappa shape index (κ2) is 6.22. The number of aromatic nitrogens is 2. The van der Waals surface area contributed by atoms with Crippen molar-refractivity contribution in [3.63, 3.8) is 0 Å². The third-order valence-corrected chi connectivity index (χ3v) is 5.22. The maximum Gasteiger partial charge on any atom is 0.282 e. The van der Waals surface area contributed by atoms with Gasteiger partial charge in [-0.25, -0.2) is 9.97 Å². The summed E-state index contributed by atoms with van der Waals surface area (Å²) in [5, 5.41) is 2.95. The van der Waals surface area contributed by atoms with Crippen LogP contribution in [0.25, 0.3) is 0 Å². The number of ether oxygens (including phenoxy) is 1. The van der Waals surface area contributed by atoms with Crippen LogP contribution in [0, 0.1) is 6.92 Å². The molecule has 0 aliphatic carbocycles. The molecule has 0 bridgehead atoms. The van der Waals surface area contributed by atoms with Gasteiger partial charge in [0.05, 0.1) is 13.2 Å². The molecule has 0 saturated carbocycles. The molecular formula is C12H21N5O3S. The first-order valence-corrected chi connectivity index (χ1v) is 8.06. The third kappa shape index (κ3) is 3.31. The molecule has 1 aromatic rings. The Hall–Kier alpha value is -1.29. The Balaban J connectivity index is 2.42. The Morgan fingerprint density at radius 3 is 2.76 bits per heavy atom. The van der Waals surface area contributed by atoms with E-state index >= 15 is 0 Å². The SMILES string of the molecule is CNc1cc(C)nc([C@H]2COCCN2S(=O)(=O)N(C)C)n1. The van der Waals surface area contributed by atoms with Gasteiger partial charge in [0.15, 0.2) is 5.82 Å². The van der Waals surface area contributed by atoms with Gasteiger partial charge in [0.1, 0.15) is 11.9 Å². The first-order chi connectivity index (χ1) is 9.86. The van der Waals surface area contributed by atoms with Gasteiger partial charge in [-0.05, 0) is 6.92 Å². The van der Waals surface area contributed by atoms with Crippen molar-refractivity contribution >= 4 is 16.0 Å². The number of hydrogen-bond acceptors (Lipinski definition) is 6. The molecule has 2 heterocycles. The largest absolute Gasteiger partial charge is 0.378 e. The number of anilines is 1. The van der Waals surface area contributed by atoms with E-state index in [1.807, 2.05) is 6.92 Å². The smallest absolute Gasteiger partial charge is 0.282 e. The molecule has 1 aliphatic heterocycles. The van der Waals surface area contributed by atoms with Gasteiger partial charge in [-0.2, -0.15) is 17.0 Å². The Bertz CT molecular complexity index is 605. The van der Waals surface area contributed by atoms with Crippen LogP contribution in [0.5, 0.6) is 0 Å². The predicted molar refractivity (Wildman–Crippen MR) is 79.2 cm³/mol. The molecule has 9 heteroatoms.